The van der Waals surface area contributed by atoms with Crippen molar-refractivity contribution in [1.29, 1.82) is 0 Å². The van der Waals surface area contributed by atoms with E-state index in [-0.39, 0.29) is 23.8 Å². The van der Waals surface area contributed by atoms with Gasteiger partial charge in [0.25, 0.3) is 5.91 Å². The van der Waals surface area contributed by atoms with Crippen molar-refractivity contribution in [2.75, 3.05) is 0 Å². The maximum Gasteiger partial charge on any atom is 0.252 e. The average Bonchev–Trinajstić information content (AvgIpc) is 2.59. The predicted octanol–water partition coefficient (Wildman–Crippen LogP) is 4.39. The van der Waals surface area contributed by atoms with Crippen LogP contribution in [0.2, 0.25) is 0 Å². The third-order valence-corrected chi connectivity index (χ3v) is 5.08. The van der Waals surface area contributed by atoms with Crippen LogP contribution in [0.3, 0.4) is 0 Å². The molecule has 2 amide bonds. The van der Waals surface area contributed by atoms with Crippen molar-refractivity contribution in [2.45, 2.75) is 39.8 Å². The Kier molecular flexibility index (Phi) is 6.98. The highest BCUT2D eigenvalue weighted by Gasteiger charge is 2.26. The first-order valence-corrected chi connectivity index (χ1v) is 9.52. The number of carbonyl (C=O) groups is 2. The number of nitrogens with one attached hydrogen (secondary N) is 2. The molecule has 2 atom stereocenters. The third-order valence-electron chi connectivity index (χ3n) is 4.36. The molecule has 0 heterocycles. The van der Waals surface area contributed by atoms with E-state index in [0.29, 0.717) is 5.56 Å². The quantitative estimate of drug-likeness (QED) is 0.733. The fourth-order valence-electron chi connectivity index (χ4n) is 2.79. The molecular formula is C21H25BrN2O2. The molecule has 0 aliphatic carbocycles. The van der Waals surface area contributed by atoms with Crippen molar-refractivity contribution in [3.8, 4) is 0 Å². The van der Waals surface area contributed by atoms with Gasteiger partial charge in [-0.2, -0.15) is 0 Å². The highest BCUT2D eigenvalue weighted by atomic mass is 79.9. The molecule has 0 radical (unpaired) electrons. The highest BCUT2D eigenvalue weighted by molar-refractivity contribution is 9.10. The molecule has 0 spiro atoms. The number of amides is 2. The van der Waals surface area contributed by atoms with E-state index in [0.717, 1.165) is 15.6 Å². The van der Waals surface area contributed by atoms with Crippen LogP contribution in [0.4, 0.5) is 0 Å². The molecule has 2 rings (SSSR count). The molecule has 138 valence electrons. The zero-order valence-electron chi connectivity index (χ0n) is 15.5. The zero-order chi connectivity index (χ0) is 19.3. The lowest BCUT2D eigenvalue weighted by Gasteiger charge is -2.25. The molecule has 2 N–H and O–H groups in total. The van der Waals surface area contributed by atoms with Crippen molar-refractivity contribution < 1.29 is 9.59 Å². The molecule has 5 heteroatoms. The second kappa shape index (κ2) is 8.99. The van der Waals surface area contributed by atoms with Crippen molar-refractivity contribution in [2.24, 2.45) is 5.92 Å². The molecule has 2 aromatic carbocycles. The summed E-state index contributed by atoms with van der Waals surface area (Å²) in [5.41, 5.74) is 2.47. The van der Waals surface area contributed by atoms with Crippen molar-refractivity contribution in [1.82, 2.24) is 10.6 Å². The van der Waals surface area contributed by atoms with Gasteiger partial charge in [0.15, 0.2) is 0 Å². The van der Waals surface area contributed by atoms with Gasteiger partial charge in [0, 0.05) is 10.0 Å². The molecule has 26 heavy (non-hydrogen) atoms. The van der Waals surface area contributed by atoms with Crippen LogP contribution in [0.15, 0.2) is 53.0 Å². The molecule has 0 aliphatic heterocycles. The van der Waals surface area contributed by atoms with E-state index < -0.39 is 6.04 Å². The summed E-state index contributed by atoms with van der Waals surface area (Å²) in [5, 5.41) is 5.89. The summed E-state index contributed by atoms with van der Waals surface area (Å²) in [6, 6.07) is 14.4. The van der Waals surface area contributed by atoms with E-state index in [1.54, 1.807) is 6.07 Å². The average molecular weight is 417 g/mol. The Morgan fingerprint density at radius 2 is 1.54 bits per heavy atom. The summed E-state index contributed by atoms with van der Waals surface area (Å²) in [5.74, 6) is -0.454. The first-order chi connectivity index (χ1) is 12.3. The molecule has 0 fully saturated rings. The fourth-order valence-corrected chi connectivity index (χ4v) is 3.42. The van der Waals surface area contributed by atoms with Crippen LogP contribution < -0.4 is 10.6 Å². The monoisotopic (exact) mass is 416 g/mol. The lowest BCUT2D eigenvalue weighted by atomic mass is 10.0. The maximum atomic E-state index is 12.8. The fraction of sp³-hybridized carbons (Fsp3) is 0.333. The van der Waals surface area contributed by atoms with E-state index >= 15 is 0 Å². The van der Waals surface area contributed by atoms with Gasteiger partial charge in [0.1, 0.15) is 6.04 Å². The van der Waals surface area contributed by atoms with Crippen LogP contribution in [0.1, 0.15) is 48.3 Å². The van der Waals surface area contributed by atoms with Gasteiger partial charge in [0.2, 0.25) is 5.91 Å². The van der Waals surface area contributed by atoms with Crippen LogP contribution in [-0.4, -0.2) is 17.9 Å². The minimum Gasteiger partial charge on any atom is -0.348 e. The molecule has 4 nitrogen and oxygen atoms in total. The number of rotatable bonds is 6. The summed E-state index contributed by atoms with van der Waals surface area (Å²) in [7, 11) is 0. The minimum atomic E-state index is -0.605. The molecule has 0 saturated carbocycles. The van der Waals surface area contributed by atoms with Crippen LogP contribution >= 0.6 is 15.9 Å². The molecule has 0 bridgehead atoms. The number of aryl methyl sites for hydroxylation is 1. The van der Waals surface area contributed by atoms with Gasteiger partial charge in [0.05, 0.1) is 6.04 Å². The molecule has 0 aliphatic rings. The lowest BCUT2D eigenvalue weighted by Crippen LogP contribution is -2.50. The highest BCUT2D eigenvalue weighted by Crippen LogP contribution is 2.23. The number of hydrogen-bond acceptors (Lipinski definition) is 2. The minimum absolute atomic E-state index is 0.0330. The van der Waals surface area contributed by atoms with Gasteiger partial charge in [-0.25, -0.2) is 0 Å². The third kappa shape index (κ3) is 4.94. The normalized spacial score (nSPS) is 13.2. The first kappa shape index (κ1) is 20.2. The summed E-state index contributed by atoms with van der Waals surface area (Å²) in [4.78, 5) is 25.4. The van der Waals surface area contributed by atoms with Crippen molar-refractivity contribution in [3.05, 3.63) is 69.7 Å². The summed E-state index contributed by atoms with van der Waals surface area (Å²) >= 11 is 3.51. The Bertz CT molecular complexity index is 789. The molecule has 2 aromatic rings. The Balaban J connectivity index is 2.11. The second-order valence-electron chi connectivity index (χ2n) is 6.76. The van der Waals surface area contributed by atoms with Gasteiger partial charge in [-0.1, -0.05) is 66.2 Å². The van der Waals surface area contributed by atoms with E-state index in [1.807, 2.05) is 70.2 Å². The van der Waals surface area contributed by atoms with Crippen LogP contribution in [0.5, 0.6) is 0 Å². The smallest absolute Gasteiger partial charge is 0.252 e. The van der Waals surface area contributed by atoms with Crippen molar-refractivity contribution in [3.63, 3.8) is 0 Å². The van der Waals surface area contributed by atoms with Gasteiger partial charge >= 0.3 is 0 Å². The van der Waals surface area contributed by atoms with Gasteiger partial charge in [-0.05, 0) is 43.0 Å². The topological polar surface area (TPSA) is 58.2 Å². The number of halogens is 1. The molecule has 0 saturated heterocycles. The second-order valence-corrected chi connectivity index (χ2v) is 7.62. The van der Waals surface area contributed by atoms with Crippen LogP contribution in [0.25, 0.3) is 0 Å². The van der Waals surface area contributed by atoms with Crippen LogP contribution in [0, 0.1) is 12.8 Å². The Morgan fingerprint density at radius 3 is 2.15 bits per heavy atom. The van der Waals surface area contributed by atoms with Gasteiger partial charge in [-0.15, -0.1) is 0 Å². The summed E-state index contributed by atoms with van der Waals surface area (Å²) < 4.78 is 0.942. The summed E-state index contributed by atoms with van der Waals surface area (Å²) in [6.07, 6.45) is 0. The maximum absolute atomic E-state index is 12.8. The number of benzene rings is 2. The van der Waals surface area contributed by atoms with E-state index in [2.05, 4.69) is 26.6 Å². The SMILES string of the molecule is Cc1ccccc1C(=O)N[C@@H](C(=O)N[C@@H](C)c1ccccc1Br)C(C)C. The van der Waals surface area contributed by atoms with Crippen molar-refractivity contribution >= 4 is 27.7 Å². The van der Waals surface area contributed by atoms with E-state index in [1.165, 1.54) is 0 Å². The van der Waals surface area contributed by atoms with E-state index in [9.17, 15) is 9.59 Å². The van der Waals surface area contributed by atoms with E-state index in [4.69, 9.17) is 0 Å². The van der Waals surface area contributed by atoms with Gasteiger partial charge < -0.3 is 10.6 Å². The molecule has 0 aromatic heterocycles. The molecular weight excluding hydrogens is 392 g/mol. The Labute approximate surface area is 163 Å². The largest absolute Gasteiger partial charge is 0.348 e. The van der Waals surface area contributed by atoms with Crippen LogP contribution in [-0.2, 0) is 4.79 Å². The Hall–Kier alpha value is -2.14. The first-order valence-electron chi connectivity index (χ1n) is 8.72. The van der Waals surface area contributed by atoms with Gasteiger partial charge in [-0.3, -0.25) is 9.59 Å². The zero-order valence-corrected chi connectivity index (χ0v) is 17.1. The lowest BCUT2D eigenvalue weighted by molar-refractivity contribution is -0.124. The standard InChI is InChI=1S/C21H25BrN2O2/c1-13(2)19(24-20(25)16-10-6-5-9-14(16)3)21(26)23-15(4)17-11-7-8-12-18(17)22/h5-13,15,19H,1-4H3,(H,23,26)(H,24,25)/t15-,19+/m0/s1. The number of carbonyl (C=O) groups excluding carboxylic acids is 2. The predicted molar refractivity (Wildman–Crippen MR) is 108 cm³/mol. The Morgan fingerprint density at radius 1 is 0.923 bits per heavy atom. The molecule has 0 unspecified atom stereocenters. The summed E-state index contributed by atoms with van der Waals surface area (Å²) in [6.45, 7) is 7.66. The number of hydrogen-bond donors (Lipinski definition) is 2.